The Labute approximate surface area is 152 Å². The van der Waals surface area contributed by atoms with E-state index in [1.54, 1.807) is 12.1 Å². The van der Waals surface area contributed by atoms with Crippen LogP contribution in [0.25, 0.3) is 0 Å². The second kappa shape index (κ2) is 11.6. The molecule has 2 nitrogen and oxygen atoms in total. The summed E-state index contributed by atoms with van der Waals surface area (Å²) >= 11 is 0. The minimum atomic E-state index is -0.0347. The molecule has 0 aliphatic carbocycles. The molecule has 0 amide bonds. The van der Waals surface area contributed by atoms with E-state index in [2.05, 4.69) is 30.3 Å². The number of rotatable bonds is 12. The van der Waals surface area contributed by atoms with Gasteiger partial charge in [0.1, 0.15) is 0 Å². The summed E-state index contributed by atoms with van der Waals surface area (Å²) in [4.78, 5) is 0. The van der Waals surface area contributed by atoms with Gasteiger partial charge in [0.2, 0.25) is 0 Å². The molecule has 0 saturated heterocycles. The van der Waals surface area contributed by atoms with Gasteiger partial charge in [-0.25, -0.2) is 0 Å². The Bertz CT molecular complexity index is 592. The van der Waals surface area contributed by atoms with E-state index < -0.39 is 0 Å². The van der Waals surface area contributed by atoms with Crippen LogP contribution in [0.3, 0.4) is 0 Å². The van der Waals surface area contributed by atoms with Crippen molar-refractivity contribution in [3.8, 4) is 11.5 Å². The topological polar surface area (TPSA) is 40.5 Å². The zero-order chi connectivity index (χ0) is 17.7. The average molecular weight is 341 g/mol. The molecule has 0 aliphatic rings. The highest BCUT2D eigenvalue weighted by atomic mass is 16.3. The standard InChI is InChI=1S/C23H32O2/c24-22-18-17-21(19-23(22)25)16-10-7-5-3-1-2-4-6-9-13-20-14-11-8-12-15-20/h8,11-12,14-15,17-19,24-25H,1-7,9-10,13,16H2. The first-order chi connectivity index (χ1) is 12.3. The predicted molar refractivity (Wildman–Crippen MR) is 105 cm³/mol. The second-order valence-electron chi connectivity index (χ2n) is 6.99. The van der Waals surface area contributed by atoms with Crippen LogP contribution in [-0.4, -0.2) is 10.2 Å². The summed E-state index contributed by atoms with van der Waals surface area (Å²) in [7, 11) is 0. The van der Waals surface area contributed by atoms with Crippen molar-refractivity contribution in [2.75, 3.05) is 0 Å². The molecular weight excluding hydrogens is 308 g/mol. The highest BCUT2D eigenvalue weighted by Crippen LogP contribution is 2.25. The minimum Gasteiger partial charge on any atom is -0.504 e. The molecule has 0 fully saturated rings. The smallest absolute Gasteiger partial charge is 0.157 e. The molecule has 0 atom stereocenters. The van der Waals surface area contributed by atoms with Crippen LogP contribution < -0.4 is 0 Å². The van der Waals surface area contributed by atoms with Gasteiger partial charge in [0, 0.05) is 0 Å². The highest BCUT2D eigenvalue weighted by Gasteiger charge is 2.00. The third-order valence-corrected chi connectivity index (χ3v) is 4.81. The molecule has 2 aromatic rings. The van der Waals surface area contributed by atoms with E-state index in [9.17, 15) is 10.2 Å². The summed E-state index contributed by atoms with van der Waals surface area (Å²) in [5, 5.41) is 18.8. The summed E-state index contributed by atoms with van der Waals surface area (Å²) < 4.78 is 0. The molecule has 0 unspecified atom stereocenters. The Kier molecular flexibility index (Phi) is 8.96. The molecule has 0 bridgehead atoms. The first-order valence-corrected chi connectivity index (χ1v) is 9.80. The lowest BCUT2D eigenvalue weighted by atomic mass is 10.0. The van der Waals surface area contributed by atoms with Crippen LogP contribution in [0.4, 0.5) is 0 Å². The number of aryl methyl sites for hydroxylation is 2. The normalized spacial score (nSPS) is 10.9. The first kappa shape index (κ1) is 19.4. The van der Waals surface area contributed by atoms with Gasteiger partial charge >= 0.3 is 0 Å². The molecule has 136 valence electrons. The fourth-order valence-electron chi connectivity index (χ4n) is 3.26. The number of aromatic hydroxyl groups is 2. The number of hydrogen-bond acceptors (Lipinski definition) is 2. The molecule has 2 rings (SSSR count). The number of phenolic OH excluding ortho intramolecular Hbond substituents is 2. The average Bonchev–Trinajstić information content (AvgIpc) is 2.63. The molecule has 0 saturated carbocycles. The molecule has 0 radical (unpaired) electrons. The maximum absolute atomic E-state index is 9.48. The maximum atomic E-state index is 9.48. The Morgan fingerprint density at radius 2 is 1.00 bits per heavy atom. The van der Waals surface area contributed by atoms with E-state index >= 15 is 0 Å². The van der Waals surface area contributed by atoms with Crippen molar-refractivity contribution >= 4 is 0 Å². The van der Waals surface area contributed by atoms with Crippen molar-refractivity contribution in [3.05, 3.63) is 59.7 Å². The third kappa shape index (κ3) is 8.11. The first-order valence-electron chi connectivity index (χ1n) is 9.80. The molecule has 2 heteroatoms. The van der Waals surface area contributed by atoms with Gasteiger partial charge in [-0.1, -0.05) is 81.3 Å². The van der Waals surface area contributed by atoms with Crippen molar-refractivity contribution in [2.24, 2.45) is 0 Å². The van der Waals surface area contributed by atoms with Gasteiger partial charge in [-0.3, -0.25) is 0 Å². The van der Waals surface area contributed by atoms with Gasteiger partial charge in [-0.15, -0.1) is 0 Å². The van der Waals surface area contributed by atoms with Gasteiger partial charge in [-0.2, -0.15) is 0 Å². The lowest BCUT2D eigenvalue weighted by Crippen LogP contribution is -1.87. The summed E-state index contributed by atoms with van der Waals surface area (Å²) in [6.07, 6.45) is 14.0. The largest absolute Gasteiger partial charge is 0.504 e. The van der Waals surface area contributed by atoms with E-state index in [-0.39, 0.29) is 11.5 Å². The number of phenols is 2. The van der Waals surface area contributed by atoms with E-state index in [1.807, 2.05) is 6.07 Å². The summed E-state index contributed by atoms with van der Waals surface area (Å²) in [6, 6.07) is 15.9. The number of hydrogen-bond donors (Lipinski definition) is 2. The fourth-order valence-corrected chi connectivity index (χ4v) is 3.26. The summed E-state index contributed by atoms with van der Waals surface area (Å²) in [5.41, 5.74) is 2.57. The van der Waals surface area contributed by atoms with Crippen molar-refractivity contribution in [1.82, 2.24) is 0 Å². The van der Waals surface area contributed by atoms with Crippen LogP contribution in [0.1, 0.15) is 68.9 Å². The fraction of sp³-hybridized carbons (Fsp3) is 0.478. The molecular formula is C23H32O2. The summed E-state index contributed by atoms with van der Waals surface area (Å²) in [5.74, 6) is -0.0442. The van der Waals surface area contributed by atoms with Crippen LogP contribution in [0, 0.1) is 0 Å². The molecule has 0 aromatic heterocycles. The maximum Gasteiger partial charge on any atom is 0.157 e. The van der Waals surface area contributed by atoms with Crippen molar-refractivity contribution in [1.29, 1.82) is 0 Å². The van der Waals surface area contributed by atoms with Gasteiger partial charge in [0.05, 0.1) is 0 Å². The number of unbranched alkanes of at least 4 members (excludes halogenated alkanes) is 8. The van der Waals surface area contributed by atoms with Crippen molar-refractivity contribution in [3.63, 3.8) is 0 Å². The van der Waals surface area contributed by atoms with Crippen molar-refractivity contribution in [2.45, 2.75) is 70.6 Å². The zero-order valence-corrected chi connectivity index (χ0v) is 15.3. The van der Waals surface area contributed by atoms with Crippen LogP contribution >= 0.6 is 0 Å². The van der Waals surface area contributed by atoms with Gasteiger partial charge in [-0.05, 0) is 48.9 Å². The van der Waals surface area contributed by atoms with Gasteiger partial charge in [0.15, 0.2) is 11.5 Å². The highest BCUT2D eigenvalue weighted by molar-refractivity contribution is 5.40. The van der Waals surface area contributed by atoms with E-state index in [0.717, 1.165) is 18.4 Å². The Morgan fingerprint density at radius 3 is 1.56 bits per heavy atom. The van der Waals surface area contributed by atoms with E-state index in [0.29, 0.717) is 0 Å². The molecule has 0 spiro atoms. The minimum absolute atomic E-state index is 0.00948. The lowest BCUT2D eigenvalue weighted by Gasteiger charge is -2.05. The van der Waals surface area contributed by atoms with Crippen LogP contribution in [0.15, 0.2) is 48.5 Å². The Morgan fingerprint density at radius 1 is 0.480 bits per heavy atom. The second-order valence-corrected chi connectivity index (χ2v) is 6.99. The summed E-state index contributed by atoms with van der Waals surface area (Å²) in [6.45, 7) is 0. The lowest BCUT2D eigenvalue weighted by molar-refractivity contribution is 0.403. The van der Waals surface area contributed by atoms with Crippen LogP contribution in [-0.2, 0) is 12.8 Å². The van der Waals surface area contributed by atoms with Crippen molar-refractivity contribution < 1.29 is 10.2 Å². The third-order valence-electron chi connectivity index (χ3n) is 4.81. The van der Waals surface area contributed by atoms with E-state index in [1.165, 1.54) is 63.4 Å². The molecule has 2 N–H and O–H groups in total. The van der Waals surface area contributed by atoms with Crippen LogP contribution in [0.5, 0.6) is 11.5 Å². The monoisotopic (exact) mass is 340 g/mol. The number of benzene rings is 2. The van der Waals surface area contributed by atoms with Gasteiger partial charge < -0.3 is 10.2 Å². The predicted octanol–water partition coefficient (Wildman–Crippen LogP) is 6.39. The molecule has 0 aliphatic heterocycles. The molecule has 0 heterocycles. The SMILES string of the molecule is Oc1ccc(CCCCCCCCCCCc2ccccc2)cc1O. The quantitative estimate of drug-likeness (QED) is 0.347. The Balaban J connectivity index is 1.39. The zero-order valence-electron chi connectivity index (χ0n) is 15.3. The molecule has 25 heavy (non-hydrogen) atoms. The molecule has 2 aromatic carbocycles. The Hall–Kier alpha value is -1.96. The van der Waals surface area contributed by atoms with Crippen LogP contribution in [0.2, 0.25) is 0 Å². The van der Waals surface area contributed by atoms with E-state index in [4.69, 9.17) is 0 Å². The van der Waals surface area contributed by atoms with Gasteiger partial charge in [0.25, 0.3) is 0 Å².